The zero-order valence-corrected chi connectivity index (χ0v) is 16.5. The minimum absolute atomic E-state index is 0.180. The molecule has 3 heterocycles. The molecule has 5 rings (SSSR count). The third-order valence-electron chi connectivity index (χ3n) is 4.89. The maximum Gasteiger partial charge on any atom is 0.290 e. The minimum atomic E-state index is -0.325. The molecular weight excluding hydrogens is 394 g/mol. The molecule has 4 aromatic rings. The van der Waals surface area contributed by atoms with E-state index in [4.69, 9.17) is 13.9 Å². The van der Waals surface area contributed by atoms with Gasteiger partial charge in [0.25, 0.3) is 11.9 Å². The molecule has 7 nitrogen and oxygen atoms in total. The highest BCUT2D eigenvalue weighted by Crippen LogP contribution is 2.37. The van der Waals surface area contributed by atoms with Gasteiger partial charge < -0.3 is 19.2 Å². The molecule has 0 spiro atoms. The van der Waals surface area contributed by atoms with E-state index in [0.29, 0.717) is 24.5 Å². The Bertz CT molecular complexity index is 1190. The van der Waals surface area contributed by atoms with Gasteiger partial charge in [-0.05, 0) is 35.9 Å². The number of aromatic nitrogens is 2. The van der Waals surface area contributed by atoms with E-state index in [0.717, 1.165) is 16.9 Å². The molecule has 1 N–H and O–H groups in total. The molecule has 1 aliphatic rings. The monoisotopic (exact) mass is 413 g/mol. The molecule has 1 amide bonds. The fraction of sp³-hybridized carbons (Fsp3) is 0.125. The van der Waals surface area contributed by atoms with Crippen molar-refractivity contribution >= 4 is 5.91 Å². The van der Waals surface area contributed by atoms with Crippen molar-refractivity contribution in [2.45, 2.75) is 12.5 Å². The number of para-hydroxylation sites is 2. The number of furan rings is 1. The lowest BCUT2D eigenvalue weighted by Crippen LogP contribution is -2.34. The predicted octanol–water partition coefficient (Wildman–Crippen LogP) is 4.26. The summed E-state index contributed by atoms with van der Waals surface area (Å²) in [5.41, 5.74) is 1.92. The summed E-state index contributed by atoms with van der Waals surface area (Å²) < 4.78 is 17.2. The minimum Gasteiger partial charge on any atom is -0.487 e. The van der Waals surface area contributed by atoms with Crippen molar-refractivity contribution in [1.29, 1.82) is 0 Å². The van der Waals surface area contributed by atoms with Crippen LogP contribution in [0.1, 0.15) is 16.1 Å². The van der Waals surface area contributed by atoms with Crippen molar-refractivity contribution in [2.24, 2.45) is 0 Å². The van der Waals surface area contributed by atoms with E-state index in [-0.39, 0.29) is 23.7 Å². The van der Waals surface area contributed by atoms with E-state index in [2.05, 4.69) is 15.3 Å². The summed E-state index contributed by atoms with van der Waals surface area (Å²) in [4.78, 5) is 21.1. The average molecular weight is 413 g/mol. The van der Waals surface area contributed by atoms with E-state index in [1.54, 1.807) is 30.6 Å². The Balaban J connectivity index is 1.21. The van der Waals surface area contributed by atoms with E-state index in [1.807, 2.05) is 48.5 Å². The summed E-state index contributed by atoms with van der Waals surface area (Å²) >= 11 is 0. The molecule has 0 fully saturated rings. The third kappa shape index (κ3) is 4.11. The lowest BCUT2D eigenvalue weighted by atomic mass is 10.1. The number of hydrogen-bond acceptors (Lipinski definition) is 6. The molecule has 0 bridgehead atoms. The second-order valence-electron chi connectivity index (χ2n) is 7.05. The molecule has 1 unspecified atom stereocenters. The first kappa shape index (κ1) is 18.9. The average Bonchev–Trinajstić information content (AvgIpc) is 3.45. The summed E-state index contributed by atoms with van der Waals surface area (Å²) in [6, 6.07) is 20.1. The largest absolute Gasteiger partial charge is 0.487 e. The van der Waals surface area contributed by atoms with Crippen LogP contribution in [0.5, 0.6) is 17.4 Å². The predicted molar refractivity (Wildman–Crippen MR) is 113 cm³/mol. The van der Waals surface area contributed by atoms with Crippen molar-refractivity contribution in [3.63, 3.8) is 0 Å². The number of nitrogens with zero attached hydrogens (tertiary/aromatic N) is 2. The number of carbonyl (C=O) groups excluding carboxylic acids is 1. The molecule has 154 valence electrons. The summed E-state index contributed by atoms with van der Waals surface area (Å²) in [5, 5.41) is 2.87. The van der Waals surface area contributed by atoms with Crippen molar-refractivity contribution in [3.8, 4) is 28.8 Å². The molecule has 0 saturated carbocycles. The Kier molecular flexibility index (Phi) is 5.06. The van der Waals surface area contributed by atoms with Crippen LogP contribution in [0.15, 0.2) is 83.5 Å². The number of ether oxygens (including phenoxy) is 2. The van der Waals surface area contributed by atoms with E-state index in [1.165, 1.54) is 0 Å². The molecule has 2 aromatic heterocycles. The van der Waals surface area contributed by atoms with Gasteiger partial charge in [0.15, 0.2) is 11.6 Å². The Morgan fingerprint density at radius 1 is 1.00 bits per heavy atom. The Hall–Kier alpha value is -4.13. The van der Waals surface area contributed by atoms with Gasteiger partial charge in [0.2, 0.25) is 0 Å². The van der Waals surface area contributed by atoms with Crippen LogP contribution in [0.4, 0.5) is 0 Å². The zero-order chi connectivity index (χ0) is 21.0. The number of benzene rings is 2. The quantitative estimate of drug-likeness (QED) is 0.508. The normalized spacial score (nSPS) is 14.5. The second kappa shape index (κ2) is 8.31. The maximum absolute atomic E-state index is 12.5. The lowest BCUT2D eigenvalue weighted by Gasteiger charge is -2.12. The molecule has 2 aromatic carbocycles. The summed E-state index contributed by atoms with van der Waals surface area (Å²) in [5.74, 6) is 2.14. The van der Waals surface area contributed by atoms with E-state index >= 15 is 0 Å². The first-order valence-corrected chi connectivity index (χ1v) is 9.93. The van der Waals surface area contributed by atoms with Crippen molar-refractivity contribution in [2.75, 3.05) is 6.54 Å². The molecule has 1 atom stereocenters. The van der Waals surface area contributed by atoms with E-state index in [9.17, 15) is 4.79 Å². The molecule has 7 heteroatoms. The lowest BCUT2D eigenvalue weighted by molar-refractivity contribution is 0.0901. The standard InChI is InChI=1S/C24H19N3O4/c28-24(20-10-11-21(31-20)29-17-7-2-1-3-8-17)27-15-18-14-16-6-4-9-19(22(16)30-18)23-25-12-5-13-26-23/h1-13,18H,14-15H2,(H,27,28). The first-order chi connectivity index (χ1) is 15.3. The number of fused-ring (bicyclic) bond motifs is 1. The number of carbonyl (C=O) groups is 1. The van der Waals surface area contributed by atoms with Crippen LogP contribution < -0.4 is 14.8 Å². The van der Waals surface area contributed by atoms with Crippen molar-refractivity contribution in [3.05, 3.63) is 90.4 Å². The van der Waals surface area contributed by atoms with Gasteiger partial charge in [-0.15, -0.1) is 0 Å². The highest BCUT2D eigenvalue weighted by Gasteiger charge is 2.27. The fourth-order valence-corrected chi connectivity index (χ4v) is 3.46. The van der Waals surface area contributed by atoms with E-state index < -0.39 is 0 Å². The van der Waals surface area contributed by atoms with Crippen LogP contribution in [0.2, 0.25) is 0 Å². The summed E-state index contributed by atoms with van der Waals surface area (Å²) in [7, 11) is 0. The van der Waals surface area contributed by atoms with Gasteiger partial charge in [0, 0.05) is 24.9 Å². The van der Waals surface area contributed by atoms with Gasteiger partial charge >= 0.3 is 0 Å². The van der Waals surface area contributed by atoms with Gasteiger partial charge in [0.05, 0.1) is 12.1 Å². The Morgan fingerprint density at radius 2 is 1.84 bits per heavy atom. The third-order valence-corrected chi connectivity index (χ3v) is 4.89. The molecule has 31 heavy (non-hydrogen) atoms. The molecule has 1 aliphatic heterocycles. The van der Waals surface area contributed by atoms with Gasteiger partial charge in [-0.3, -0.25) is 4.79 Å². The van der Waals surface area contributed by atoms with Crippen LogP contribution in [0, 0.1) is 0 Å². The molecular formula is C24H19N3O4. The maximum atomic E-state index is 12.5. The molecule has 0 radical (unpaired) electrons. The Morgan fingerprint density at radius 3 is 2.68 bits per heavy atom. The van der Waals surface area contributed by atoms with Gasteiger partial charge in [0.1, 0.15) is 17.6 Å². The topological polar surface area (TPSA) is 86.5 Å². The van der Waals surface area contributed by atoms with Crippen LogP contribution >= 0.6 is 0 Å². The van der Waals surface area contributed by atoms with Gasteiger partial charge in [-0.1, -0.05) is 30.3 Å². The van der Waals surface area contributed by atoms with Crippen LogP contribution in [-0.2, 0) is 6.42 Å². The number of rotatable bonds is 6. The highest BCUT2D eigenvalue weighted by molar-refractivity contribution is 5.91. The number of hydrogen-bond donors (Lipinski definition) is 1. The number of nitrogens with one attached hydrogen (secondary N) is 1. The Labute approximate surface area is 178 Å². The van der Waals surface area contributed by atoms with Crippen molar-refractivity contribution < 1.29 is 18.7 Å². The van der Waals surface area contributed by atoms with Gasteiger partial charge in [-0.2, -0.15) is 0 Å². The van der Waals surface area contributed by atoms with Crippen LogP contribution in [0.3, 0.4) is 0 Å². The SMILES string of the molecule is O=C(NCC1Cc2cccc(-c3ncccn3)c2O1)c1ccc(Oc2ccccc2)o1. The van der Waals surface area contributed by atoms with Gasteiger partial charge in [-0.25, -0.2) is 9.97 Å². The second-order valence-corrected chi connectivity index (χ2v) is 7.05. The zero-order valence-electron chi connectivity index (χ0n) is 16.5. The molecule has 0 aliphatic carbocycles. The molecule has 0 saturated heterocycles. The highest BCUT2D eigenvalue weighted by atomic mass is 16.6. The fourth-order valence-electron chi connectivity index (χ4n) is 3.46. The number of amides is 1. The summed E-state index contributed by atoms with van der Waals surface area (Å²) in [6.45, 7) is 0.345. The first-order valence-electron chi connectivity index (χ1n) is 9.93. The van der Waals surface area contributed by atoms with Crippen LogP contribution in [0.25, 0.3) is 11.4 Å². The smallest absolute Gasteiger partial charge is 0.290 e. The van der Waals surface area contributed by atoms with Crippen LogP contribution in [-0.4, -0.2) is 28.5 Å². The van der Waals surface area contributed by atoms with Crippen molar-refractivity contribution in [1.82, 2.24) is 15.3 Å². The summed E-state index contributed by atoms with van der Waals surface area (Å²) in [6.07, 6.45) is 3.91.